The fourth-order valence-electron chi connectivity index (χ4n) is 9.73. The van der Waals surface area contributed by atoms with Gasteiger partial charge in [0.2, 0.25) is 0 Å². The summed E-state index contributed by atoms with van der Waals surface area (Å²) in [5, 5.41) is 0. The van der Waals surface area contributed by atoms with Crippen molar-refractivity contribution in [1.82, 2.24) is 16.9 Å². The zero-order valence-corrected chi connectivity index (χ0v) is 49.7. The second kappa shape index (κ2) is 15.8. The van der Waals surface area contributed by atoms with Gasteiger partial charge < -0.3 is 0 Å². The Morgan fingerprint density at radius 1 is 0.429 bits per heavy atom. The Balaban J connectivity index is 0.000000300. The van der Waals surface area contributed by atoms with Crippen molar-refractivity contribution in [1.29, 1.82) is 0 Å². The summed E-state index contributed by atoms with van der Waals surface area (Å²) in [7, 11) is -10.7. The zero-order valence-electron chi connectivity index (χ0n) is 40.3. The van der Waals surface area contributed by atoms with Crippen LogP contribution in [0.4, 0.5) is 0 Å². The summed E-state index contributed by atoms with van der Waals surface area (Å²) in [4.78, 5) is 0. The third kappa shape index (κ3) is 9.72. The first-order valence-electron chi connectivity index (χ1n) is 20.8. The molecule has 0 bridgehead atoms. The first kappa shape index (κ1) is 50.0. The van der Waals surface area contributed by atoms with E-state index in [1.165, 1.54) is 22.8 Å². The van der Waals surface area contributed by atoms with Crippen LogP contribution < -0.4 is 0 Å². The van der Waals surface area contributed by atoms with E-state index in [1.54, 1.807) is 0 Å². The van der Waals surface area contributed by atoms with Gasteiger partial charge in [0.25, 0.3) is 0 Å². The van der Waals surface area contributed by atoms with Gasteiger partial charge in [-0.25, -0.2) is 0 Å². The first-order valence-corrected chi connectivity index (χ1v) is 43.2. The van der Waals surface area contributed by atoms with E-state index < -0.39 is 47.3 Å². The second-order valence-corrected chi connectivity index (χ2v) is 57.6. The minimum atomic E-state index is -2.21. The summed E-state index contributed by atoms with van der Waals surface area (Å²) < 4.78 is 17.3. The number of nitrogens with zero attached hydrogens (tertiary/aromatic N) is 6. The molecule has 0 aliphatic carbocycles. The van der Waals surface area contributed by atoms with Crippen LogP contribution in [0.3, 0.4) is 0 Å². The molecule has 2 heterocycles. The van der Waals surface area contributed by atoms with Gasteiger partial charge in [-0.2, -0.15) is 0 Å². The van der Waals surface area contributed by atoms with Crippen LogP contribution in [0.5, 0.6) is 0 Å². The van der Waals surface area contributed by atoms with Crippen LogP contribution in [0, 0.1) is 0 Å². The van der Waals surface area contributed by atoms with Crippen LogP contribution in [0.2, 0.25) is 78.6 Å². The van der Waals surface area contributed by atoms with Crippen LogP contribution in [-0.2, 0) is 0 Å². The maximum atomic E-state index is 3.88. The van der Waals surface area contributed by atoms with Crippen molar-refractivity contribution in [3.05, 3.63) is 71.8 Å². The summed E-state index contributed by atoms with van der Waals surface area (Å²) in [6.45, 7) is 58.8. The van der Waals surface area contributed by atoms with Gasteiger partial charge in [-0.3, -0.25) is 0 Å². The SMILES string of the molecule is CC(C)(C)N1C(c2ccccc2)=[N+](C(C)(C)C)[Si@@]1([Se-])N([Si](C)(C)C)[Si](C)(C)C.CC(C)(C)N1C(c2ccccc2)=[N+](C(C)(C)C)[Si@]1([Se-])N([Si](C)(C)C)[Si](C)(C)C. The number of hydrogen-bond acceptors (Lipinski definition) is 4. The van der Waals surface area contributed by atoms with Crippen LogP contribution in [0.25, 0.3) is 0 Å². The van der Waals surface area contributed by atoms with Crippen LogP contribution in [0.1, 0.15) is 94.2 Å². The molecule has 0 unspecified atom stereocenters. The second-order valence-electron chi connectivity index (χ2n) is 23.9. The summed E-state index contributed by atoms with van der Waals surface area (Å²) in [6.07, 6.45) is 0. The average Bonchev–Trinajstić information content (AvgIpc) is 2.89. The van der Waals surface area contributed by atoms with Crippen molar-refractivity contribution in [2.24, 2.45) is 0 Å². The summed E-state index contributed by atoms with van der Waals surface area (Å²) in [5.74, 6) is 2.79. The van der Waals surface area contributed by atoms with E-state index in [0.29, 0.717) is 0 Å². The molecule has 0 N–H and O–H groups in total. The normalized spacial score (nSPS) is 22.0. The molecule has 2 aliphatic rings. The minimum absolute atomic E-state index is 0.0575. The van der Waals surface area contributed by atoms with Crippen LogP contribution in [-0.4, -0.2) is 137 Å². The van der Waals surface area contributed by atoms with Crippen molar-refractivity contribution in [2.45, 2.75) is 184 Å². The monoisotopic (exact) mass is 998 g/mol. The van der Waals surface area contributed by atoms with E-state index >= 15 is 0 Å². The molecule has 2 aromatic rings. The first-order chi connectivity index (χ1) is 24.7. The van der Waals surface area contributed by atoms with Gasteiger partial charge >= 0.3 is 371 Å². The molecule has 2 aliphatic heterocycles. The van der Waals surface area contributed by atoms with E-state index in [2.05, 4.69) is 278 Å². The molecular weight excluding hydrogens is 915 g/mol. The molecule has 0 amide bonds. The van der Waals surface area contributed by atoms with E-state index in [-0.39, 0.29) is 22.2 Å². The Morgan fingerprint density at radius 2 is 0.643 bits per heavy atom. The number of hydrogen-bond donors (Lipinski definition) is 0. The van der Waals surface area contributed by atoms with Crippen molar-refractivity contribution in [2.75, 3.05) is 0 Å². The van der Waals surface area contributed by atoms with Gasteiger partial charge in [-0.05, 0) is 0 Å². The maximum absolute atomic E-state index is 3.88. The number of amidine groups is 2. The molecule has 6 nitrogen and oxygen atoms in total. The summed E-state index contributed by atoms with van der Waals surface area (Å²) >= 11 is 7.76. The Bertz CT molecular complexity index is 1610. The van der Waals surface area contributed by atoms with E-state index in [1.807, 2.05) is 0 Å². The quantitative estimate of drug-likeness (QED) is 0.246. The molecule has 0 aromatic heterocycles. The topological polar surface area (TPSA) is 19.0 Å². The molecular formula is C42H82N6Se2Si6. The van der Waals surface area contributed by atoms with E-state index in [0.717, 1.165) is 0 Å². The Hall–Kier alpha value is -0.360. The Morgan fingerprint density at radius 3 is 0.804 bits per heavy atom. The molecule has 2 aromatic carbocycles. The van der Waals surface area contributed by atoms with Crippen molar-refractivity contribution in [3.8, 4) is 0 Å². The molecule has 0 spiro atoms. The zero-order chi connectivity index (χ0) is 43.8. The standard InChI is InChI=1S/2C21H41N3SeSi3/c2*1-20(2,3)22-19(18-16-14-13-15-17-18)23(21(4,5)6)28(22,25)24(26(7,8)9)27(10,11)12/h2*13-17H,1-12H3. The molecule has 14 heteroatoms. The van der Waals surface area contributed by atoms with E-state index in [9.17, 15) is 0 Å². The van der Waals surface area contributed by atoms with Gasteiger partial charge in [0, 0.05) is 0 Å². The third-order valence-corrected chi connectivity index (χ3v) is 53.5. The predicted octanol–water partition coefficient (Wildman–Crippen LogP) is 9.87. The van der Waals surface area contributed by atoms with E-state index in [4.69, 9.17) is 0 Å². The molecule has 0 saturated heterocycles. The van der Waals surface area contributed by atoms with Crippen LogP contribution in [0.15, 0.2) is 60.7 Å². The Labute approximate surface area is 368 Å². The van der Waals surface area contributed by atoms with Gasteiger partial charge in [-0.15, -0.1) is 0 Å². The van der Waals surface area contributed by atoms with Crippen molar-refractivity contribution in [3.63, 3.8) is 0 Å². The molecule has 56 heavy (non-hydrogen) atoms. The summed E-state index contributed by atoms with van der Waals surface area (Å²) in [6, 6.07) is 22.0. The number of rotatable bonds is 8. The van der Waals surface area contributed by atoms with Gasteiger partial charge in [0.15, 0.2) is 0 Å². The number of benzene rings is 2. The summed E-state index contributed by atoms with van der Waals surface area (Å²) in [5.41, 5.74) is 2.89. The van der Waals surface area contributed by atoms with Gasteiger partial charge in [0.1, 0.15) is 0 Å². The molecule has 0 saturated carbocycles. The van der Waals surface area contributed by atoms with Gasteiger partial charge in [-0.1, -0.05) is 0 Å². The van der Waals surface area contributed by atoms with Crippen LogP contribution >= 0.6 is 0 Å². The molecule has 4 rings (SSSR count). The molecule has 0 radical (unpaired) electrons. The molecule has 2 atom stereocenters. The van der Waals surface area contributed by atoms with Crippen molar-refractivity contribution < 1.29 is 8.48 Å². The Kier molecular flexibility index (Phi) is 14.1. The molecule has 316 valence electrons. The molecule has 0 fully saturated rings. The fraction of sp³-hybridized carbons (Fsp3) is 0.667. The fourth-order valence-corrected chi connectivity index (χ4v) is 78.4. The van der Waals surface area contributed by atoms with Crippen molar-refractivity contribution >= 4 is 89.7 Å². The van der Waals surface area contributed by atoms with Gasteiger partial charge in [0.05, 0.1) is 0 Å². The third-order valence-electron chi connectivity index (χ3n) is 10.0. The average molecular weight is 998 g/mol. The predicted molar refractivity (Wildman–Crippen MR) is 264 cm³/mol.